The van der Waals surface area contributed by atoms with Crippen LogP contribution in [-0.2, 0) is 0 Å². The van der Waals surface area contributed by atoms with Crippen LogP contribution in [-0.4, -0.2) is 18.3 Å². The second-order valence-electron chi connectivity index (χ2n) is 3.58. The lowest BCUT2D eigenvalue weighted by atomic mass is 10.2. The van der Waals surface area contributed by atoms with Crippen molar-refractivity contribution in [2.24, 2.45) is 5.92 Å². The number of halogens is 1. The summed E-state index contributed by atoms with van der Waals surface area (Å²) in [5.41, 5.74) is 0. The van der Waals surface area contributed by atoms with Crippen LogP contribution in [0.2, 0.25) is 0 Å². The first kappa shape index (κ1) is 12.2. The van der Waals surface area contributed by atoms with Crippen LogP contribution in [0.4, 0.5) is 0 Å². The molecule has 2 N–H and O–H groups in total. The highest BCUT2D eigenvalue weighted by atomic mass is 79.9. The first-order chi connectivity index (χ1) is 6.63. The summed E-state index contributed by atoms with van der Waals surface area (Å²) in [6.45, 7) is 5.27. The third kappa shape index (κ3) is 3.69. The van der Waals surface area contributed by atoms with Gasteiger partial charge in [-0.05, 0) is 34.8 Å². The second kappa shape index (κ2) is 5.85. The van der Waals surface area contributed by atoms with Gasteiger partial charge in [-0.3, -0.25) is 0 Å². The van der Waals surface area contributed by atoms with Gasteiger partial charge in [0, 0.05) is 33.9 Å². The van der Waals surface area contributed by atoms with Crippen LogP contribution < -0.4 is 5.32 Å². The molecule has 1 aromatic rings. The maximum atomic E-state index is 8.88. The van der Waals surface area contributed by atoms with Gasteiger partial charge in [0.1, 0.15) is 0 Å². The van der Waals surface area contributed by atoms with Gasteiger partial charge in [-0.1, -0.05) is 6.92 Å². The molecule has 2 unspecified atom stereocenters. The van der Waals surface area contributed by atoms with Crippen LogP contribution in [0.1, 0.15) is 24.8 Å². The summed E-state index contributed by atoms with van der Waals surface area (Å²) >= 11 is 5.18. The van der Waals surface area contributed by atoms with Gasteiger partial charge in [-0.15, -0.1) is 11.3 Å². The van der Waals surface area contributed by atoms with Gasteiger partial charge in [0.25, 0.3) is 0 Å². The molecule has 0 saturated carbocycles. The Bertz CT molecular complexity index is 277. The molecule has 0 fully saturated rings. The van der Waals surface area contributed by atoms with Crippen molar-refractivity contribution in [3.63, 3.8) is 0 Å². The van der Waals surface area contributed by atoms with E-state index in [1.165, 1.54) is 4.88 Å². The van der Waals surface area contributed by atoms with E-state index in [2.05, 4.69) is 39.6 Å². The molecule has 1 aromatic heterocycles. The van der Waals surface area contributed by atoms with Gasteiger partial charge in [0.15, 0.2) is 0 Å². The van der Waals surface area contributed by atoms with Crippen molar-refractivity contribution in [3.8, 4) is 0 Å². The average Bonchev–Trinajstić information content (AvgIpc) is 2.60. The second-order valence-corrected chi connectivity index (χ2v) is 5.44. The Balaban J connectivity index is 2.39. The SMILES string of the molecule is CC(CO)CNC(C)c1cc(Br)cs1. The molecule has 1 heterocycles. The zero-order valence-corrected chi connectivity index (χ0v) is 10.9. The van der Waals surface area contributed by atoms with Gasteiger partial charge in [-0.2, -0.15) is 0 Å². The molecule has 0 saturated heterocycles. The van der Waals surface area contributed by atoms with Crippen LogP contribution in [0, 0.1) is 5.92 Å². The van der Waals surface area contributed by atoms with Crippen LogP contribution in [0.15, 0.2) is 15.9 Å². The Morgan fingerprint density at radius 3 is 2.79 bits per heavy atom. The maximum absolute atomic E-state index is 8.88. The fraction of sp³-hybridized carbons (Fsp3) is 0.600. The van der Waals surface area contributed by atoms with Crippen molar-refractivity contribution in [2.45, 2.75) is 19.9 Å². The van der Waals surface area contributed by atoms with Crippen molar-refractivity contribution >= 4 is 27.3 Å². The molecule has 2 nitrogen and oxygen atoms in total. The quantitative estimate of drug-likeness (QED) is 0.868. The highest BCUT2D eigenvalue weighted by Gasteiger charge is 2.08. The highest BCUT2D eigenvalue weighted by Crippen LogP contribution is 2.25. The third-order valence-corrected chi connectivity index (χ3v) is 3.97. The zero-order valence-electron chi connectivity index (χ0n) is 8.46. The Hall–Kier alpha value is 0.1000. The van der Waals surface area contributed by atoms with Gasteiger partial charge in [0.2, 0.25) is 0 Å². The minimum absolute atomic E-state index is 0.244. The van der Waals surface area contributed by atoms with E-state index < -0.39 is 0 Å². The van der Waals surface area contributed by atoms with E-state index >= 15 is 0 Å². The van der Waals surface area contributed by atoms with Crippen molar-refractivity contribution in [1.82, 2.24) is 5.32 Å². The number of hydrogen-bond donors (Lipinski definition) is 2. The minimum Gasteiger partial charge on any atom is -0.396 e. The van der Waals surface area contributed by atoms with Crippen molar-refractivity contribution in [1.29, 1.82) is 0 Å². The van der Waals surface area contributed by atoms with Crippen LogP contribution >= 0.6 is 27.3 Å². The molecule has 0 bridgehead atoms. The molecule has 14 heavy (non-hydrogen) atoms. The lowest BCUT2D eigenvalue weighted by Crippen LogP contribution is -2.25. The number of aliphatic hydroxyl groups excluding tert-OH is 1. The largest absolute Gasteiger partial charge is 0.396 e. The summed E-state index contributed by atoms with van der Waals surface area (Å²) in [4.78, 5) is 1.32. The van der Waals surface area contributed by atoms with E-state index in [0.29, 0.717) is 12.0 Å². The molecular weight excluding hydrogens is 262 g/mol. The number of nitrogens with one attached hydrogen (secondary N) is 1. The van der Waals surface area contributed by atoms with E-state index in [-0.39, 0.29) is 6.61 Å². The van der Waals surface area contributed by atoms with Crippen molar-refractivity contribution in [3.05, 3.63) is 20.8 Å². The Labute approximate surface area is 97.5 Å². The molecule has 0 spiro atoms. The molecule has 1 rings (SSSR count). The smallest absolute Gasteiger partial charge is 0.0468 e. The molecule has 0 aliphatic heterocycles. The third-order valence-electron chi connectivity index (χ3n) is 2.10. The maximum Gasteiger partial charge on any atom is 0.0468 e. The average molecular weight is 278 g/mol. The van der Waals surface area contributed by atoms with E-state index in [9.17, 15) is 0 Å². The molecule has 0 aromatic carbocycles. The standard InChI is InChI=1S/C10H16BrNOS/c1-7(5-13)4-12-8(2)10-3-9(11)6-14-10/h3,6-8,12-13H,4-5H2,1-2H3. The molecule has 80 valence electrons. The Morgan fingerprint density at radius 2 is 2.29 bits per heavy atom. The Morgan fingerprint density at radius 1 is 1.57 bits per heavy atom. The van der Waals surface area contributed by atoms with E-state index in [1.54, 1.807) is 11.3 Å². The van der Waals surface area contributed by atoms with Crippen LogP contribution in [0.3, 0.4) is 0 Å². The fourth-order valence-corrected chi connectivity index (χ4v) is 2.58. The topological polar surface area (TPSA) is 32.3 Å². The van der Waals surface area contributed by atoms with E-state index in [4.69, 9.17) is 5.11 Å². The molecule has 0 radical (unpaired) electrons. The van der Waals surface area contributed by atoms with Crippen molar-refractivity contribution in [2.75, 3.05) is 13.2 Å². The van der Waals surface area contributed by atoms with E-state index in [1.807, 2.05) is 6.92 Å². The minimum atomic E-state index is 0.244. The summed E-state index contributed by atoms with van der Waals surface area (Å²) < 4.78 is 1.14. The van der Waals surface area contributed by atoms with Gasteiger partial charge >= 0.3 is 0 Å². The molecule has 2 atom stereocenters. The summed E-state index contributed by atoms with van der Waals surface area (Å²) in [5.74, 6) is 0.320. The van der Waals surface area contributed by atoms with Gasteiger partial charge < -0.3 is 10.4 Å². The number of hydrogen-bond acceptors (Lipinski definition) is 3. The lowest BCUT2D eigenvalue weighted by molar-refractivity contribution is 0.231. The number of thiophene rings is 1. The number of aliphatic hydroxyl groups is 1. The summed E-state index contributed by atoms with van der Waals surface area (Å²) in [6, 6.07) is 2.49. The van der Waals surface area contributed by atoms with E-state index in [0.717, 1.165) is 11.0 Å². The normalized spacial score (nSPS) is 15.4. The first-order valence-electron chi connectivity index (χ1n) is 4.71. The molecule has 0 aliphatic carbocycles. The molecule has 4 heteroatoms. The Kier molecular flexibility index (Phi) is 5.09. The van der Waals surface area contributed by atoms with Crippen LogP contribution in [0.25, 0.3) is 0 Å². The monoisotopic (exact) mass is 277 g/mol. The molecule has 0 amide bonds. The summed E-state index contributed by atoms with van der Waals surface area (Å²) in [7, 11) is 0. The zero-order chi connectivity index (χ0) is 10.6. The fourth-order valence-electron chi connectivity index (χ4n) is 1.10. The van der Waals surface area contributed by atoms with Crippen LogP contribution in [0.5, 0.6) is 0 Å². The lowest BCUT2D eigenvalue weighted by Gasteiger charge is -2.14. The highest BCUT2D eigenvalue weighted by molar-refractivity contribution is 9.10. The molecular formula is C10H16BrNOS. The number of rotatable bonds is 5. The summed E-state index contributed by atoms with van der Waals surface area (Å²) in [5, 5.41) is 14.4. The van der Waals surface area contributed by atoms with Crippen molar-refractivity contribution < 1.29 is 5.11 Å². The first-order valence-corrected chi connectivity index (χ1v) is 6.39. The van der Waals surface area contributed by atoms with Gasteiger partial charge in [-0.25, -0.2) is 0 Å². The summed E-state index contributed by atoms with van der Waals surface area (Å²) in [6.07, 6.45) is 0. The predicted molar refractivity (Wildman–Crippen MR) is 64.7 cm³/mol. The predicted octanol–water partition coefficient (Wildman–Crippen LogP) is 2.79. The molecule has 0 aliphatic rings. The van der Waals surface area contributed by atoms with Gasteiger partial charge in [0.05, 0.1) is 0 Å².